The van der Waals surface area contributed by atoms with Crippen molar-refractivity contribution in [3.63, 3.8) is 0 Å². The Hall–Kier alpha value is -3.41. The molecule has 0 aliphatic rings. The third-order valence-electron chi connectivity index (χ3n) is 3.71. The molecule has 3 rings (SSSR count). The number of amides is 1. The van der Waals surface area contributed by atoms with Gasteiger partial charge in [0.2, 0.25) is 11.8 Å². The predicted molar refractivity (Wildman–Crippen MR) is 102 cm³/mol. The molecule has 6 nitrogen and oxygen atoms in total. The van der Waals surface area contributed by atoms with Gasteiger partial charge in [0, 0.05) is 24.5 Å². The van der Waals surface area contributed by atoms with Crippen molar-refractivity contribution in [2.45, 2.75) is 19.9 Å². The molecule has 0 unspecified atom stereocenters. The second kappa shape index (κ2) is 9.33. The zero-order valence-electron chi connectivity index (χ0n) is 15.1. The van der Waals surface area contributed by atoms with E-state index in [1.807, 2.05) is 49.4 Å². The predicted octanol–water partition coefficient (Wildman–Crippen LogP) is 3.99. The Balaban J connectivity index is 1.70. The van der Waals surface area contributed by atoms with Crippen LogP contribution in [-0.2, 0) is 6.54 Å². The van der Waals surface area contributed by atoms with Gasteiger partial charge in [0.25, 0.3) is 5.91 Å². The second-order valence-corrected chi connectivity index (χ2v) is 5.77. The lowest BCUT2D eigenvalue weighted by atomic mass is 10.2. The van der Waals surface area contributed by atoms with E-state index in [2.05, 4.69) is 15.3 Å². The van der Waals surface area contributed by atoms with Gasteiger partial charge in [-0.3, -0.25) is 4.79 Å². The zero-order valence-corrected chi connectivity index (χ0v) is 15.1. The minimum atomic E-state index is -0.278. The summed E-state index contributed by atoms with van der Waals surface area (Å²) >= 11 is 0. The Bertz CT molecular complexity index is 885. The fourth-order valence-corrected chi connectivity index (χ4v) is 2.40. The minimum absolute atomic E-state index is 0.259. The maximum atomic E-state index is 12.7. The van der Waals surface area contributed by atoms with Crippen molar-refractivity contribution in [3.8, 4) is 17.5 Å². The van der Waals surface area contributed by atoms with Crippen molar-refractivity contribution in [2.75, 3.05) is 6.61 Å². The van der Waals surface area contributed by atoms with Gasteiger partial charge in [0.1, 0.15) is 11.3 Å². The molecule has 1 amide bonds. The van der Waals surface area contributed by atoms with E-state index < -0.39 is 0 Å². The first-order chi connectivity index (χ1) is 13.3. The van der Waals surface area contributed by atoms with Gasteiger partial charge in [-0.1, -0.05) is 31.2 Å². The monoisotopic (exact) mass is 363 g/mol. The number of nitrogens with zero attached hydrogens (tertiary/aromatic N) is 2. The van der Waals surface area contributed by atoms with Crippen molar-refractivity contribution < 1.29 is 14.3 Å². The van der Waals surface area contributed by atoms with Crippen LogP contribution in [0.1, 0.15) is 29.3 Å². The number of carbonyl (C=O) groups excluding carboxylic acids is 1. The molecule has 6 heteroatoms. The number of rotatable bonds is 8. The lowest BCUT2D eigenvalue weighted by Crippen LogP contribution is -2.24. The normalized spacial score (nSPS) is 10.3. The maximum absolute atomic E-state index is 12.7. The molecule has 27 heavy (non-hydrogen) atoms. The van der Waals surface area contributed by atoms with Crippen molar-refractivity contribution in [2.24, 2.45) is 0 Å². The van der Waals surface area contributed by atoms with E-state index in [1.165, 1.54) is 0 Å². The molecule has 0 spiro atoms. The molecule has 0 saturated heterocycles. The van der Waals surface area contributed by atoms with Gasteiger partial charge in [-0.05, 0) is 36.8 Å². The van der Waals surface area contributed by atoms with Crippen molar-refractivity contribution in [1.29, 1.82) is 0 Å². The first kappa shape index (κ1) is 18.4. The maximum Gasteiger partial charge on any atom is 0.257 e. The summed E-state index contributed by atoms with van der Waals surface area (Å²) in [5, 5.41) is 2.88. The van der Waals surface area contributed by atoms with Crippen LogP contribution in [0.4, 0.5) is 0 Å². The number of carbonyl (C=O) groups is 1. The van der Waals surface area contributed by atoms with Crippen LogP contribution in [0.2, 0.25) is 0 Å². The molecule has 1 aromatic carbocycles. The lowest BCUT2D eigenvalue weighted by Gasteiger charge is -2.12. The van der Waals surface area contributed by atoms with Crippen LogP contribution in [0.5, 0.6) is 17.5 Å². The van der Waals surface area contributed by atoms with Crippen LogP contribution in [0.25, 0.3) is 0 Å². The van der Waals surface area contributed by atoms with Crippen LogP contribution >= 0.6 is 0 Å². The number of hydrogen-bond donors (Lipinski definition) is 1. The number of para-hydroxylation sites is 1. The highest BCUT2D eigenvalue weighted by atomic mass is 16.5. The van der Waals surface area contributed by atoms with Crippen LogP contribution in [0.3, 0.4) is 0 Å². The molecule has 0 aliphatic heterocycles. The molecule has 0 radical (unpaired) electrons. The van der Waals surface area contributed by atoms with Crippen LogP contribution < -0.4 is 14.8 Å². The van der Waals surface area contributed by atoms with Gasteiger partial charge in [-0.15, -0.1) is 0 Å². The number of aromatic nitrogens is 2. The quantitative estimate of drug-likeness (QED) is 0.655. The standard InChI is InChI=1S/C21H21N3O3/c1-2-14-26-20-16(8-6-12-22-20)15-24-19(25)18-11-7-13-23-21(18)27-17-9-4-3-5-10-17/h3-13H,2,14-15H2,1H3,(H,24,25). The molecular weight excluding hydrogens is 342 g/mol. The summed E-state index contributed by atoms with van der Waals surface area (Å²) in [4.78, 5) is 21.1. The van der Waals surface area contributed by atoms with Gasteiger partial charge >= 0.3 is 0 Å². The van der Waals surface area contributed by atoms with Gasteiger partial charge in [0.15, 0.2) is 0 Å². The van der Waals surface area contributed by atoms with E-state index in [0.717, 1.165) is 12.0 Å². The largest absolute Gasteiger partial charge is 0.477 e. The van der Waals surface area contributed by atoms with Crippen LogP contribution in [0, 0.1) is 0 Å². The van der Waals surface area contributed by atoms with Crippen molar-refractivity contribution in [1.82, 2.24) is 15.3 Å². The number of hydrogen-bond acceptors (Lipinski definition) is 5. The molecule has 2 heterocycles. The Morgan fingerprint density at radius 1 is 0.963 bits per heavy atom. The molecule has 138 valence electrons. The molecule has 0 fully saturated rings. The van der Waals surface area contributed by atoms with Crippen molar-refractivity contribution >= 4 is 5.91 Å². The van der Waals surface area contributed by atoms with Gasteiger partial charge in [-0.2, -0.15) is 0 Å². The van der Waals surface area contributed by atoms with Gasteiger partial charge in [-0.25, -0.2) is 9.97 Å². The summed E-state index contributed by atoms with van der Waals surface area (Å²) in [6.07, 6.45) is 4.15. The highest BCUT2D eigenvalue weighted by Gasteiger charge is 2.15. The average molecular weight is 363 g/mol. The summed E-state index contributed by atoms with van der Waals surface area (Å²) in [7, 11) is 0. The van der Waals surface area contributed by atoms with Crippen LogP contribution in [-0.4, -0.2) is 22.5 Å². The fourth-order valence-electron chi connectivity index (χ4n) is 2.40. The molecular formula is C21H21N3O3. The van der Waals surface area contributed by atoms with E-state index in [0.29, 0.717) is 30.3 Å². The van der Waals surface area contributed by atoms with Gasteiger partial charge < -0.3 is 14.8 Å². The van der Waals surface area contributed by atoms with Crippen molar-refractivity contribution in [3.05, 3.63) is 78.1 Å². The topological polar surface area (TPSA) is 73.3 Å². The molecule has 3 aromatic rings. The first-order valence-corrected chi connectivity index (χ1v) is 8.80. The smallest absolute Gasteiger partial charge is 0.257 e. The summed E-state index contributed by atoms with van der Waals surface area (Å²) < 4.78 is 11.4. The lowest BCUT2D eigenvalue weighted by molar-refractivity contribution is 0.0947. The van der Waals surface area contributed by atoms with Gasteiger partial charge in [0.05, 0.1) is 6.61 Å². The SMILES string of the molecule is CCCOc1ncccc1CNC(=O)c1cccnc1Oc1ccccc1. The number of benzene rings is 1. The molecule has 0 bridgehead atoms. The summed E-state index contributed by atoms with van der Waals surface area (Å²) in [6, 6.07) is 16.3. The zero-order chi connectivity index (χ0) is 18.9. The first-order valence-electron chi connectivity index (χ1n) is 8.80. The van der Waals surface area contributed by atoms with E-state index in [1.54, 1.807) is 24.5 Å². The molecule has 0 aliphatic carbocycles. The summed E-state index contributed by atoms with van der Waals surface area (Å²) in [5.74, 6) is 1.13. The van der Waals surface area contributed by atoms with E-state index in [-0.39, 0.29) is 11.8 Å². The summed E-state index contributed by atoms with van der Waals surface area (Å²) in [5.41, 5.74) is 1.18. The third kappa shape index (κ3) is 5.04. The second-order valence-electron chi connectivity index (χ2n) is 5.77. The summed E-state index contributed by atoms with van der Waals surface area (Å²) in [6.45, 7) is 2.90. The fraction of sp³-hybridized carbons (Fsp3) is 0.190. The molecule has 0 saturated carbocycles. The van der Waals surface area contributed by atoms with E-state index in [4.69, 9.17) is 9.47 Å². The van der Waals surface area contributed by atoms with E-state index >= 15 is 0 Å². The minimum Gasteiger partial charge on any atom is -0.477 e. The third-order valence-corrected chi connectivity index (χ3v) is 3.71. The number of ether oxygens (including phenoxy) is 2. The molecule has 1 N–H and O–H groups in total. The average Bonchev–Trinajstić information content (AvgIpc) is 2.72. The Labute approximate surface area is 158 Å². The van der Waals surface area contributed by atoms with Crippen LogP contribution in [0.15, 0.2) is 67.0 Å². The Morgan fingerprint density at radius 2 is 1.70 bits per heavy atom. The molecule has 2 aromatic heterocycles. The highest BCUT2D eigenvalue weighted by Crippen LogP contribution is 2.22. The Morgan fingerprint density at radius 3 is 2.48 bits per heavy atom. The van der Waals surface area contributed by atoms with E-state index in [9.17, 15) is 4.79 Å². The number of pyridine rings is 2. The number of nitrogens with one attached hydrogen (secondary N) is 1. The molecule has 0 atom stereocenters. The Kier molecular flexibility index (Phi) is 6.35. The highest BCUT2D eigenvalue weighted by molar-refractivity contribution is 5.96.